The predicted molar refractivity (Wildman–Crippen MR) is 74.0 cm³/mol. The quantitative estimate of drug-likeness (QED) is 0.840. The molecule has 1 aliphatic carbocycles. The summed E-state index contributed by atoms with van der Waals surface area (Å²) in [5.74, 6) is 0.111. The van der Waals surface area contributed by atoms with Crippen LogP contribution in [-0.4, -0.2) is 26.4 Å². The van der Waals surface area contributed by atoms with Gasteiger partial charge in [0.15, 0.2) is 9.84 Å². The van der Waals surface area contributed by atoms with Crippen LogP contribution in [0.15, 0.2) is 34.2 Å². The summed E-state index contributed by atoms with van der Waals surface area (Å²) in [6.07, 6.45) is 4.49. The molecule has 98 valence electrons. The summed E-state index contributed by atoms with van der Waals surface area (Å²) in [7, 11) is -3.18. The van der Waals surface area contributed by atoms with Gasteiger partial charge in [-0.2, -0.15) is 0 Å². The van der Waals surface area contributed by atoms with Gasteiger partial charge in [0.1, 0.15) is 0 Å². The third kappa shape index (κ3) is 3.42. The zero-order chi connectivity index (χ0) is 13.0. The Morgan fingerprint density at radius 3 is 2.33 bits per heavy atom. The molecule has 0 bridgehead atoms. The Morgan fingerprint density at radius 1 is 1.11 bits per heavy atom. The molecule has 18 heavy (non-hydrogen) atoms. The molecule has 2 rings (SSSR count). The first-order valence-corrected chi connectivity index (χ1v) is 8.05. The van der Waals surface area contributed by atoms with Crippen LogP contribution in [0.1, 0.15) is 31.2 Å². The normalized spacial score (nSPS) is 15.9. The lowest BCUT2D eigenvalue weighted by atomic mass is 10.2. The highest BCUT2D eigenvalue weighted by Crippen LogP contribution is 2.15. The summed E-state index contributed by atoms with van der Waals surface area (Å²) >= 11 is 0. The summed E-state index contributed by atoms with van der Waals surface area (Å²) in [4.78, 5) is 4.79. The van der Waals surface area contributed by atoms with Crippen molar-refractivity contribution in [3.63, 3.8) is 0 Å². The summed E-state index contributed by atoms with van der Waals surface area (Å²) in [6.45, 7) is 2.34. The molecule has 0 atom stereocenters. The van der Waals surface area contributed by atoms with E-state index in [1.165, 1.54) is 18.6 Å². The van der Waals surface area contributed by atoms with Gasteiger partial charge in [-0.1, -0.05) is 17.7 Å². The molecule has 1 aromatic rings. The topological polar surface area (TPSA) is 46.5 Å². The van der Waals surface area contributed by atoms with E-state index >= 15 is 0 Å². The maximum absolute atomic E-state index is 12.0. The van der Waals surface area contributed by atoms with E-state index in [1.54, 1.807) is 12.1 Å². The van der Waals surface area contributed by atoms with Crippen molar-refractivity contribution in [1.82, 2.24) is 0 Å². The molecule has 0 heterocycles. The molecule has 1 aromatic carbocycles. The number of aliphatic imine (C=N–C) groups is 1. The molecule has 0 saturated heterocycles. The molecule has 1 aliphatic rings. The predicted octanol–water partition coefficient (Wildman–Crippen LogP) is 2.78. The molecule has 4 heteroatoms. The second-order valence-electron chi connectivity index (χ2n) is 4.79. The van der Waals surface area contributed by atoms with Gasteiger partial charge >= 0.3 is 0 Å². The minimum atomic E-state index is -3.18. The Kier molecular flexibility index (Phi) is 4.17. The Hall–Kier alpha value is -1.16. The minimum absolute atomic E-state index is 0.111. The standard InChI is InChI=1S/C14H19NO2S/c1-12-6-8-14(9-7-12)18(16,17)11-10-15-13-4-2-3-5-13/h6-9H,2-5,10-11H2,1H3. The monoisotopic (exact) mass is 265 g/mol. The fraction of sp³-hybridized carbons (Fsp3) is 0.500. The highest BCUT2D eigenvalue weighted by atomic mass is 32.2. The molecular weight excluding hydrogens is 246 g/mol. The number of hydrogen-bond acceptors (Lipinski definition) is 3. The molecule has 3 nitrogen and oxygen atoms in total. The Balaban J connectivity index is 1.99. The van der Waals surface area contributed by atoms with Crippen molar-refractivity contribution in [2.24, 2.45) is 4.99 Å². The van der Waals surface area contributed by atoms with Gasteiger partial charge in [0, 0.05) is 5.71 Å². The maximum atomic E-state index is 12.0. The van der Waals surface area contributed by atoms with Crippen LogP contribution in [0.3, 0.4) is 0 Å². The molecule has 0 aliphatic heterocycles. The Labute approximate surface area is 109 Å². The van der Waals surface area contributed by atoms with Crippen LogP contribution in [-0.2, 0) is 9.84 Å². The van der Waals surface area contributed by atoms with Crippen molar-refractivity contribution in [1.29, 1.82) is 0 Å². The van der Waals surface area contributed by atoms with E-state index in [0.29, 0.717) is 11.4 Å². The second-order valence-corrected chi connectivity index (χ2v) is 6.90. The maximum Gasteiger partial charge on any atom is 0.180 e. The van der Waals surface area contributed by atoms with Gasteiger partial charge < -0.3 is 0 Å². The molecule has 1 fully saturated rings. The van der Waals surface area contributed by atoms with Gasteiger partial charge in [0.2, 0.25) is 0 Å². The number of benzene rings is 1. The van der Waals surface area contributed by atoms with Crippen LogP contribution < -0.4 is 0 Å². The van der Waals surface area contributed by atoms with E-state index in [0.717, 1.165) is 18.4 Å². The number of aryl methyl sites for hydroxylation is 1. The van der Waals surface area contributed by atoms with Gasteiger partial charge in [-0.25, -0.2) is 8.42 Å². The second kappa shape index (κ2) is 5.65. The summed E-state index contributed by atoms with van der Waals surface area (Å²) in [5.41, 5.74) is 2.26. The summed E-state index contributed by atoms with van der Waals surface area (Å²) < 4.78 is 24.1. The Morgan fingerprint density at radius 2 is 1.72 bits per heavy atom. The third-order valence-corrected chi connectivity index (χ3v) is 4.97. The van der Waals surface area contributed by atoms with Gasteiger partial charge in [-0.15, -0.1) is 0 Å². The van der Waals surface area contributed by atoms with Crippen LogP contribution in [0.4, 0.5) is 0 Å². The molecule has 0 unspecified atom stereocenters. The Bertz CT molecular complexity index is 521. The lowest BCUT2D eigenvalue weighted by molar-refractivity contribution is 0.596. The minimum Gasteiger partial charge on any atom is -0.293 e. The first-order valence-electron chi connectivity index (χ1n) is 6.39. The third-order valence-electron chi connectivity index (χ3n) is 3.26. The number of hydrogen-bond donors (Lipinski definition) is 0. The van der Waals surface area contributed by atoms with Crippen LogP contribution in [0.5, 0.6) is 0 Å². The number of rotatable bonds is 4. The van der Waals surface area contributed by atoms with Crippen molar-refractivity contribution < 1.29 is 8.42 Å². The van der Waals surface area contributed by atoms with Gasteiger partial charge in [-0.05, 0) is 44.7 Å². The molecule has 1 saturated carbocycles. The van der Waals surface area contributed by atoms with Crippen LogP contribution in [0, 0.1) is 6.92 Å². The number of sulfone groups is 1. The average molecular weight is 265 g/mol. The van der Waals surface area contributed by atoms with Crippen molar-refractivity contribution in [3.05, 3.63) is 29.8 Å². The largest absolute Gasteiger partial charge is 0.293 e. The van der Waals surface area contributed by atoms with Gasteiger partial charge in [0.25, 0.3) is 0 Å². The van der Waals surface area contributed by atoms with Crippen LogP contribution in [0.2, 0.25) is 0 Å². The van der Waals surface area contributed by atoms with Crippen molar-refractivity contribution in [2.75, 3.05) is 12.3 Å². The highest BCUT2D eigenvalue weighted by Gasteiger charge is 2.14. The summed E-state index contributed by atoms with van der Waals surface area (Å²) in [5, 5.41) is 0. The molecular formula is C14H19NO2S. The van der Waals surface area contributed by atoms with E-state index in [1.807, 2.05) is 19.1 Å². The van der Waals surface area contributed by atoms with Crippen molar-refractivity contribution in [2.45, 2.75) is 37.5 Å². The first kappa shape index (κ1) is 13.3. The molecule has 0 spiro atoms. The van der Waals surface area contributed by atoms with E-state index in [9.17, 15) is 8.42 Å². The zero-order valence-electron chi connectivity index (χ0n) is 10.7. The highest BCUT2D eigenvalue weighted by molar-refractivity contribution is 7.91. The molecule has 0 aromatic heterocycles. The van der Waals surface area contributed by atoms with Crippen LogP contribution >= 0.6 is 0 Å². The van der Waals surface area contributed by atoms with Gasteiger partial charge in [0.05, 0.1) is 17.2 Å². The number of nitrogens with zero attached hydrogens (tertiary/aromatic N) is 1. The van der Waals surface area contributed by atoms with E-state index in [-0.39, 0.29) is 5.75 Å². The lowest BCUT2D eigenvalue weighted by Crippen LogP contribution is -2.10. The summed E-state index contributed by atoms with van der Waals surface area (Å²) in [6, 6.07) is 7.01. The smallest absolute Gasteiger partial charge is 0.180 e. The lowest BCUT2D eigenvalue weighted by Gasteiger charge is -2.03. The van der Waals surface area contributed by atoms with Gasteiger partial charge in [-0.3, -0.25) is 4.99 Å². The first-order chi connectivity index (χ1) is 8.58. The average Bonchev–Trinajstić information content (AvgIpc) is 2.82. The fourth-order valence-electron chi connectivity index (χ4n) is 2.13. The van der Waals surface area contributed by atoms with Crippen LogP contribution in [0.25, 0.3) is 0 Å². The molecule has 0 N–H and O–H groups in total. The van der Waals surface area contributed by atoms with Crippen molar-refractivity contribution in [3.8, 4) is 0 Å². The van der Waals surface area contributed by atoms with E-state index in [4.69, 9.17) is 0 Å². The molecule has 0 amide bonds. The van der Waals surface area contributed by atoms with E-state index < -0.39 is 9.84 Å². The zero-order valence-corrected chi connectivity index (χ0v) is 11.5. The SMILES string of the molecule is Cc1ccc(S(=O)(=O)CCN=C2CCCC2)cc1. The van der Waals surface area contributed by atoms with Crippen molar-refractivity contribution >= 4 is 15.5 Å². The van der Waals surface area contributed by atoms with E-state index in [2.05, 4.69) is 4.99 Å². The molecule has 0 radical (unpaired) electrons. The fourth-order valence-corrected chi connectivity index (χ4v) is 3.25.